The van der Waals surface area contributed by atoms with E-state index in [9.17, 15) is 4.79 Å². The molecule has 3 heteroatoms. The van der Waals surface area contributed by atoms with Crippen molar-refractivity contribution < 1.29 is 4.79 Å². The smallest absolute Gasteiger partial charge is 0.152 e. The molecule has 0 spiro atoms. The second-order valence-electron chi connectivity index (χ2n) is 1.05. The summed E-state index contributed by atoms with van der Waals surface area (Å²) in [5.74, 6) is 1.90. The summed E-state index contributed by atoms with van der Waals surface area (Å²) in [7, 11) is 0.562. The third-order valence-electron chi connectivity index (χ3n) is 0.381. The molecule has 0 aliphatic heterocycles. The van der Waals surface area contributed by atoms with Crippen molar-refractivity contribution in [3.05, 3.63) is 11.9 Å². The van der Waals surface area contributed by atoms with Crippen LogP contribution in [0, 0.1) is 0 Å². The summed E-state index contributed by atoms with van der Waals surface area (Å²) in [6, 6.07) is 0. The van der Waals surface area contributed by atoms with Crippen LogP contribution in [0.3, 0.4) is 0 Å². The third-order valence-corrected chi connectivity index (χ3v) is 1.47. The zero-order valence-electron chi connectivity index (χ0n) is 3.94. The first-order valence-electron chi connectivity index (χ1n) is 1.80. The highest BCUT2D eigenvalue weighted by atomic mass is 79.9. The number of ketones is 1. The lowest BCUT2D eigenvalue weighted by atomic mass is 10.5. The third kappa shape index (κ3) is 6.32. The van der Waals surface area contributed by atoms with Crippen LogP contribution >= 0.6 is 22.8 Å². The summed E-state index contributed by atoms with van der Waals surface area (Å²) in [4.78, 5) is 10.1. The number of carbonyl (C=O) groups excluding carboxylic acids is 1. The summed E-state index contributed by atoms with van der Waals surface area (Å²) in [5, 5.41) is 0. The van der Waals surface area contributed by atoms with Crippen molar-refractivity contribution in [2.45, 2.75) is 6.92 Å². The van der Waals surface area contributed by atoms with Crippen LogP contribution < -0.4 is 0 Å². The normalized spacial score (nSPS) is 11.7. The molecule has 40 valence electrons. The van der Waals surface area contributed by atoms with Gasteiger partial charge in [0.15, 0.2) is 5.78 Å². The Balaban J connectivity index is 3.26. The largest absolute Gasteiger partial charge is 0.295 e. The molecule has 0 fully saturated rings. The van der Waals surface area contributed by atoms with E-state index in [1.165, 1.54) is 6.92 Å². The number of halogens is 1. The predicted octanol–water partition coefficient (Wildman–Crippen LogP) is 2.08. The fourth-order valence-corrected chi connectivity index (χ4v) is 0.843. The molecular formula is C4H6BrOP. The van der Waals surface area contributed by atoms with Gasteiger partial charge in [0.2, 0.25) is 0 Å². The number of rotatable bonds is 2. The van der Waals surface area contributed by atoms with Crippen molar-refractivity contribution in [1.29, 1.82) is 0 Å². The van der Waals surface area contributed by atoms with E-state index >= 15 is 0 Å². The quantitative estimate of drug-likeness (QED) is 0.470. The van der Waals surface area contributed by atoms with E-state index in [0.29, 0.717) is 7.28 Å². The zero-order valence-corrected chi connectivity index (χ0v) is 6.53. The highest BCUT2D eigenvalue weighted by Gasteiger charge is 1.76. The monoisotopic (exact) mass is 180 g/mol. The fraction of sp³-hybridized carbons (Fsp3) is 0.250. The Morgan fingerprint density at radius 3 is 2.57 bits per heavy atom. The van der Waals surface area contributed by atoms with Gasteiger partial charge in [0.05, 0.1) is 0 Å². The van der Waals surface area contributed by atoms with Gasteiger partial charge in [-0.05, 0) is 26.1 Å². The average molecular weight is 181 g/mol. The van der Waals surface area contributed by atoms with Gasteiger partial charge in [0, 0.05) is 0 Å². The van der Waals surface area contributed by atoms with Crippen LogP contribution in [0.2, 0.25) is 0 Å². The summed E-state index contributed by atoms with van der Waals surface area (Å²) in [6.45, 7) is 1.53. The maximum atomic E-state index is 10.1. The van der Waals surface area contributed by atoms with Crippen molar-refractivity contribution in [3.63, 3.8) is 0 Å². The standard InChI is InChI=1S/C4H6BrOP/c1-4(6)2-3-7-5/h2-3,7H,1H3/b3-2+. The lowest BCUT2D eigenvalue weighted by Crippen LogP contribution is -1.75. The molecular weight excluding hydrogens is 175 g/mol. The van der Waals surface area contributed by atoms with E-state index in [-0.39, 0.29) is 5.78 Å². The van der Waals surface area contributed by atoms with Crippen molar-refractivity contribution in [1.82, 2.24) is 0 Å². The van der Waals surface area contributed by atoms with Gasteiger partial charge in [-0.15, -0.1) is 0 Å². The van der Waals surface area contributed by atoms with Crippen LogP contribution in [-0.2, 0) is 4.79 Å². The predicted molar refractivity (Wildman–Crippen MR) is 37.1 cm³/mol. The van der Waals surface area contributed by atoms with Crippen LogP contribution in [0.5, 0.6) is 0 Å². The molecule has 0 aliphatic carbocycles. The average Bonchev–Trinajstić information content (AvgIpc) is 1.61. The van der Waals surface area contributed by atoms with Crippen molar-refractivity contribution in [2.75, 3.05) is 0 Å². The van der Waals surface area contributed by atoms with E-state index in [4.69, 9.17) is 0 Å². The Morgan fingerprint density at radius 2 is 2.43 bits per heavy atom. The van der Waals surface area contributed by atoms with Crippen LogP contribution in [0.1, 0.15) is 6.92 Å². The van der Waals surface area contributed by atoms with Crippen molar-refractivity contribution >= 4 is 28.6 Å². The highest BCUT2D eigenvalue weighted by molar-refractivity contribution is 9.37. The first kappa shape index (κ1) is 7.32. The van der Waals surface area contributed by atoms with E-state index < -0.39 is 0 Å². The minimum Gasteiger partial charge on any atom is -0.295 e. The molecule has 1 atom stereocenters. The van der Waals surface area contributed by atoms with Crippen LogP contribution in [-0.4, -0.2) is 5.78 Å². The van der Waals surface area contributed by atoms with Gasteiger partial charge in [0.1, 0.15) is 0 Å². The molecule has 1 unspecified atom stereocenters. The van der Waals surface area contributed by atoms with Gasteiger partial charge in [-0.1, -0.05) is 15.5 Å². The van der Waals surface area contributed by atoms with E-state index in [0.717, 1.165) is 0 Å². The van der Waals surface area contributed by atoms with Crippen molar-refractivity contribution in [2.24, 2.45) is 0 Å². The molecule has 0 amide bonds. The van der Waals surface area contributed by atoms with Gasteiger partial charge in [-0.25, -0.2) is 0 Å². The van der Waals surface area contributed by atoms with Crippen LogP contribution in [0.15, 0.2) is 11.9 Å². The molecule has 7 heavy (non-hydrogen) atoms. The molecule has 0 aromatic rings. The molecule has 0 aromatic heterocycles. The Kier molecular flexibility index (Phi) is 4.68. The fourth-order valence-electron chi connectivity index (χ4n) is 0.149. The van der Waals surface area contributed by atoms with Gasteiger partial charge < -0.3 is 0 Å². The molecule has 0 bridgehead atoms. The number of carbonyl (C=O) groups is 1. The van der Waals surface area contributed by atoms with Gasteiger partial charge in [-0.3, -0.25) is 4.79 Å². The number of hydrogen-bond acceptors (Lipinski definition) is 1. The number of hydrogen-bond donors (Lipinski definition) is 0. The van der Waals surface area contributed by atoms with E-state index in [2.05, 4.69) is 15.5 Å². The maximum Gasteiger partial charge on any atom is 0.152 e. The van der Waals surface area contributed by atoms with Gasteiger partial charge in [-0.2, -0.15) is 0 Å². The lowest BCUT2D eigenvalue weighted by Gasteiger charge is -1.72. The molecule has 0 N–H and O–H groups in total. The lowest BCUT2D eigenvalue weighted by molar-refractivity contribution is -0.112. The van der Waals surface area contributed by atoms with Crippen LogP contribution in [0.25, 0.3) is 0 Å². The first-order valence-corrected chi connectivity index (χ1v) is 5.14. The summed E-state index contributed by atoms with van der Waals surface area (Å²) in [5.41, 5.74) is 0. The Bertz CT molecular complexity index is 89.7. The van der Waals surface area contributed by atoms with Gasteiger partial charge >= 0.3 is 0 Å². The second kappa shape index (κ2) is 4.48. The van der Waals surface area contributed by atoms with Crippen molar-refractivity contribution in [3.8, 4) is 0 Å². The molecule has 1 nitrogen and oxygen atoms in total. The summed E-state index contributed by atoms with van der Waals surface area (Å²) >= 11 is 3.17. The zero-order chi connectivity index (χ0) is 5.70. The Labute approximate surface area is 52.7 Å². The summed E-state index contributed by atoms with van der Waals surface area (Å²) < 4.78 is 0. The van der Waals surface area contributed by atoms with E-state index in [1.54, 1.807) is 11.9 Å². The van der Waals surface area contributed by atoms with E-state index in [1.807, 2.05) is 0 Å². The molecule has 0 aliphatic rings. The SMILES string of the molecule is CC(=O)/C=C/PBr. The molecule has 0 saturated heterocycles. The Morgan fingerprint density at radius 1 is 1.86 bits per heavy atom. The molecule has 0 rings (SSSR count). The molecule has 0 heterocycles. The molecule has 0 aromatic carbocycles. The highest BCUT2D eigenvalue weighted by Crippen LogP contribution is 2.19. The summed E-state index contributed by atoms with van der Waals surface area (Å²) in [6.07, 6.45) is 1.55. The maximum absolute atomic E-state index is 10.1. The van der Waals surface area contributed by atoms with Gasteiger partial charge in [0.25, 0.3) is 0 Å². The van der Waals surface area contributed by atoms with Crippen LogP contribution in [0.4, 0.5) is 0 Å². The first-order chi connectivity index (χ1) is 3.27. The molecule has 0 radical (unpaired) electrons. The minimum absolute atomic E-state index is 0.104. The minimum atomic E-state index is 0.104. The molecule has 0 saturated carbocycles. The topological polar surface area (TPSA) is 17.1 Å². The number of allylic oxidation sites excluding steroid dienone is 1. The Hall–Kier alpha value is 0.320. The second-order valence-corrected chi connectivity index (χ2v) is 2.98.